The van der Waals surface area contributed by atoms with Crippen molar-refractivity contribution in [2.24, 2.45) is 5.92 Å². The first-order chi connectivity index (χ1) is 15.0. The number of carbonyl (C=O) groups is 1. The average molecular weight is 422 g/mol. The highest BCUT2D eigenvalue weighted by Gasteiger charge is 2.27. The van der Waals surface area contributed by atoms with Gasteiger partial charge in [-0.15, -0.1) is 0 Å². The van der Waals surface area contributed by atoms with Gasteiger partial charge >= 0.3 is 6.09 Å². The van der Waals surface area contributed by atoms with Crippen molar-refractivity contribution in [1.29, 1.82) is 0 Å². The van der Waals surface area contributed by atoms with Gasteiger partial charge in [-0.1, -0.05) is 26.0 Å². The highest BCUT2D eigenvalue weighted by molar-refractivity contribution is 6.02. The van der Waals surface area contributed by atoms with E-state index in [2.05, 4.69) is 16.0 Å². The number of nitrogens with one attached hydrogen (secondary N) is 1. The fourth-order valence-corrected chi connectivity index (χ4v) is 4.03. The summed E-state index contributed by atoms with van der Waals surface area (Å²) in [5.74, 6) is 1.14. The van der Waals surface area contributed by atoms with Crippen LogP contribution in [-0.4, -0.2) is 23.9 Å². The maximum Gasteiger partial charge on any atom is 0.411 e. The fourth-order valence-electron chi connectivity index (χ4n) is 4.03. The van der Waals surface area contributed by atoms with Gasteiger partial charge in [0, 0.05) is 28.7 Å². The molecule has 0 bridgehead atoms. The van der Waals surface area contributed by atoms with Crippen LogP contribution in [0.3, 0.4) is 0 Å². The molecule has 1 amide bonds. The molecule has 2 aromatic carbocycles. The quantitative estimate of drug-likeness (QED) is 0.475. The van der Waals surface area contributed by atoms with Gasteiger partial charge < -0.3 is 19.8 Å². The number of carbonyl (C=O) groups excluding carboxylic acids is 1. The van der Waals surface area contributed by atoms with Gasteiger partial charge in [0.1, 0.15) is 5.75 Å². The summed E-state index contributed by atoms with van der Waals surface area (Å²) in [6.45, 7) is 7.01. The number of nitrogens with zero attached hydrogens (tertiary/aromatic N) is 1. The number of amides is 1. The van der Waals surface area contributed by atoms with Crippen LogP contribution in [0.4, 0.5) is 16.2 Å². The summed E-state index contributed by atoms with van der Waals surface area (Å²) in [7, 11) is 0. The van der Waals surface area contributed by atoms with E-state index in [0.717, 1.165) is 46.4 Å². The Labute approximate surface area is 183 Å². The molecule has 0 atom stereocenters. The number of ether oxygens (including phenoxy) is 2. The molecule has 1 fully saturated rings. The predicted octanol–water partition coefficient (Wildman–Crippen LogP) is 6.22. The molecule has 6 nitrogen and oxygen atoms in total. The van der Waals surface area contributed by atoms with Crippen LogP contribution in [0.25, 0.3) is 22.2 Å². The first kappa shape index (κ1) is 21.1. The molecule has 1 aliphatic carbocycles. The molecule has 1 aromatic heterocycles. The summed E-state index contributed by atoms with van der Waals surface area (Å²) >= 11 is 0. The lowest BCUT2D eigenvalue weighted by molar-refractivity contribution is 0.147. The maximum atomic E-state index is 12.1. The van der Waals surface area contributed by atoms with Gasteiger partial charge in [0.2, 0.25) is 0 Å². The summed E-state index contributed by atoms with van der Waals surface area (Å²) < 4.78 is 13.4. The van der Waals surface area contributed by atoms with Crippen molar-refractivity contribution >= 4 is 28.4 Å². The lowest BCUT2D eigenvalue weighted by Crippen LogP contribution is -2.18. The molecule has 1 saturated carbocycles. The smallest absolute Gasteiger partial charge is 0.411 e. The third-order valence-electron chi connectivity index (χ3n) is 5.70. The molecule has 0 saturated heterocycles. The Morgan fingerprint density at radius 2 is 2.03 bits per heavy atom. The van der Waals surface area contributed by atoms with Gasteiger partial charge in [-0.3, -0.25) is 5.32 Å². The number of aromatic nitrogens is 1. The Kier molecular flexibility index (Phi) is 6.07. The monoisotopic (exact) mass is 421 g/mol. The van der Waals surface area contributed by atoms with E-state index in [0.29, 0.717) is 24.9 Å². The third kappa shape index (κ3) is 4.33. The summed E-state index contributed by atoms with van der Waals surface area (Å²) in [5.41, 5.74) is 11.2. The van der Waals surface area contributed by atoms with E-state index < -0.39 is 6.09 Å². The summed E-state index contributed by atoms with van der Waals surface area (Å²) in [6, 6.07) is 14.3. The van der Waals surface area contributed by atoms with E-state index in [9.17, 15) is 4.79 Å². The number of nitrogens with two attached hydrogens (primary N) is 1. The zero-order valence-corrected chi connectivity index (χ0v) is 18.5. The zero-order valence-electron chi connectivity index (χ0n) is 18.5. The van der Waals surface area contributed by atoms with Crippen LogP contribution in [0.2, 0.25) is 0 Å². The highest BCUT2D eigenvalue weighted by atomic mass is 16.5. The zero-order chi connectivity index (χ0) is 22.0. The van der Waals surface area contributed by atoms with Gasteiger partial charge in [0.25, 0.3) is 0 Å². The molecule has 1 heterocycles. The molecule has 31 heavy (non-hydrogen) atoms. The molecule has 0 unspecified atom stereocenters. The minimum Gasteiger partial charge on any atom is -0.494 e. The van der Waals surface area contributed by atoms with Gasteiger partial charge in [-0.25, -0.2) is 4.79 Å². The van der Waals surface area contributed by atoms with Crippen LogP contribution < -0.4 is 15.8 Å². The SMILES string of the molecule is CCOc1ccc2c(N)c(-c3cccc(NC(=O)OCC(C)C)c3)n(C3CCC3)c2c1. The molecule has 6 heteroatoms. The Morgan fingerprint density at radius 1 is 1.23 bits per heavy atom. The molecule has 3 N–H and O–H groups in total. The second-order valence-electron chi connectivity index (χ2n) is 8.53. The van der Waals surface area contributed by atoms with Crippen LogP contribution in [0.15, 0.2) is 42.5 Å². The second-order valence-corrected chi connectivity index (χ2v) is 8.53. The standard InChI is InChI=1S/C25H31N3O3/c1-4-30-20-11-12-21-22(14-20)28(19-9-6-10-19)24(23(21)26)17-7-5-8-18(13-17)27-25(29)31-15-16(2)3/h5,7-8,11-14,16,19H,4,6,9-10,15,26H2,1-3H3,(H,27,29). The lowest BCUT2D eigenvalue weighted by Gasteiger charge is -2.30. The number of hydrogen-bond donors (Lipinski definition) is 2. The summed E-state index contributed by atoms with van der Waals surface area (Å²) in [6.07, 6.45) is 3.04. The van der Waals surface area contributed by atoms with E-state index in [1.165, 1.54) is 6.42 Å². The van der Waals surface area contributed by atoms with Crippen molar-refractivity contribution < 1.29 is 14.3 Å². The normalized spacial score (nSPS) is 13.9. The molecular formula is C25H31N3O3. The molecule has 0 radical (unpaired) electrons. The average Bonchev–Trinajstić information content (AvgIpc) is 2.97. The summed E-state index contributed by atoms with van der Waals surface area (Å²) in [4.78, 5) is 12.1. The van der Waals surface area contributed by atoms with Crippen LogP contribution in [0.1, 0.15) is 46.1 Å². The van der Waals surface area contributed by atoms with Crippen LogP contribution in [0.5, 0.6) is 5.75 Å². The predicted molar refractivity (Wildman–Crippen MR) is 126 cm³/mol. The van der Waals surface area contributed by atoms with E-state index in [-0.39, 0.29) is 5.92 Å². The maximum absolute atomic E-state index is 12.1. The van der Waals surface area contributed by atoms with Gasteiger partial charge in [0.05, 0.1) is 30.1 Å². The fraction of sp³-hybridized carbons (Fsp3) is 0.400. The number of benzene rings is 2. The van der Waals surface area contributed by atoms with Crippen molar-refractivity contribution in [2.45, 2.75) is 46.1 Å². The Bertz CT molecular complexity index is 1080. The first-order valence-electron chi connectivity index (χ1n) is 11.1. The van der Waals surface area contributed by atoms with Crippen LogP contribution >= 0.6 is 0 Å². The Balaban J connectivity index is 1.73. The Morgan fingerprint density at radius 3 is 2.71 bits per heavy atom. The summed E-state index contributed by atoms with van der Waals surface area (Å²) in [5, 5.41) is 3.86. The van der Waals surface area contributed by atoms with Gasteiger partial charge in [0.15, 0.2) is 0 Å². The van der Waals surface area contributed by atoms with Crippen LogP contribution in [-0.2, 0) is 4.74 Å². The topological polar surface area (TPSA) is 78.5 Å². The van der Waals surface area contributed by atoms with Crippen LogP contribution in [0, 0.1) is 5.92 Å². The molecule has 164 valence electrons. The minimum atomic E-state index is -0.445. The van der Waals surface area contributed by atoms with Crippen molar-refractivity contribution in [3.05, 3.63) is 42.5 Å². The molecular weight excluding hydrogens is 390 g/mol. The molecule has 4 rings (SSSR count). The molecule has 0 spiro atoms. The van der Waals surface area contributed by atoms with E-state index in [1.54, 1.807) is 0 Å². The van der Waals surface area contributed by atoms with E-state index in [4.69, 9.17) is 15.2 Å². The number of fused-ring (bicyclic) bond motifs is 1. The number of hydrogen-bond acceptors (Lipinski definition) is 4. The Hall–Kier alpha value is -3.15. The molecule has 1 aliphatic rings. The van der Waals surface area contributed by atoms with E-state index in [1.807, 2.05) is 57.2 Å². The number of nitrogen functional groups attached to an aromatic ring is 1. The van der Waals surface area contributed by atoms with Crippen molar-refractivity contribution in [3.8, 4) is 17.0 Å². The van der Waals surface area contributed by atoms with E-state index >= 15 is 0 Å². The molecule has 0 aliphatic heterocycles. The number of anilines is 2. The van der Waals surface area contributed by atoms with Gasteiger partial charge in [-0.2, -0.15) is 0 Å². The minimum absolute atomic E-state index is 0.289. The first-order valence-corrected chi connectivity index (χ1v) is 11.1. The lowest BCUT2D eigenvalue weighted by atomic mass is 9.92. The highest BCUT2D eigenvalue weighted by Crippen LogP contribution is 2.45. The van der Waals surface area contributed by atoms with Crippen molar-refractivity contribution in [1.82, 2.24) is 4.57 Å². The van der Waals surface area contributed by atoms with Crippen molar-refractivity contribution in [3.63, 3.8) is 0 Å². The van der Waals surface area contributed by atoms with Crippen molar-refractivity contribution in [2.75, 3.05) is 24.3 Å². The third-order valence-corrected chi connectivity index (χ3v) is 5.70. The van der Waals surface area contributed by atoms with Gasteiger partial charge in [-0.05, 0) is 56.4 Å². The number of rotatable bonds is 7. The second kappa shape index (κ2) is 8.92. The molecule has 3 aromatic rings. The largest absolute Gasteiger partial charge is 0.494 e.